The van der Waals surface area contributed by atoms with Gasteiger partial charge < -0.3 is 5.32 Å². The second-order valence-electron chi connectivity index (χ2n) is 4.57. The Morgan fingerprint density at radius 2 is 1.94 bits per heavy atom. The van der Waals surface area contributed by atoms with Crippen molar-refractivity contribution in [1.29, 1.82) is 0 Å². The molecule has 1 aliphatic rings. The number of hydrogen-bond acceptors (Lipinski definition) is 2. The standard InChI is InChI=1S/C13H16F3NS/c14-13(15,16)12-3-1-10(2-4-12)8-18-9-11-5-6-17-7-11/h1-4,11,17H,5-9H2. The second-order valence-corrected chi connectivity index (χ2v) is 5.60. The Hall–Kier alpha value is -0.680. The molecule has 1 heterocycles. The Kier molecular flexibility index (Phi) is 4.56. The molecule has 0 spiro atoms. The summed E-state index contributed by atoms with van der Waals surface area (Å²) in [6.45, 7) is 2.16. The van der Waals surface area contributed by atoms with Gasteiger partial charge in [0.15, 0.2) is 0 Å². The van der Waals surface area contributed by atoms with Crippen LogP contribution in [0.2, 0.25) is 0 Å². The first-order chi connectivity index (χ1) is 8.55. The molecule has 1 atom stereocenters. The van der Waals surface area contributed by atoms with E-state index in [0.29, 0.717) is 5.92 Å². The number of benzene rings is 1. The zero-order valence-electron chi connectivity index (χ0n) is 9.96. The van der Waals surface area contributed by atoms with E-state index in [9.17, 15) is 13.2 Å². The summed E-state index contributed by atoms with van der Waals surface area (Å²) in [5, 5.41) is 3.31. The molecule has 1 nitrogen and oxygen atoms in total. The van der Waals surface area contributed by atoms with Gasteiger partial charge in [-0.05, 0) is 48.9 Å². The van der Waals surface area contributed by atoms with Gasteiger partial charge in [-0.25, -0.2) is 0 Å². The maximum atomic E-state index is 12.4. The molecule has 1 aromatic carbocycles. The van der Waals surface area contributed by atoms with Crippen LogP contribution < -0.4 is 5.32 Å². The van der Waals surface area contributed by atoms with E-state index in [0.717, 1.165) is 42.3 Å². The van der Waals surface area contributed by atoms with Crippen molar-refractivity contribution in [3.05, 3.63) is 35.4 Å². The van der Waals surface area contributed by atoms with E-state index in [-0.39, 0.29) is 0 Å². The van der Waals surface area contributed by atoms with Gasteiger partial charge in [0.05, 0.1) is 5.56 Å². The van der Waals surface area contributed by atoms with Crippen LogP contribution >= 0.6 is 11.8 Å². The van der Waals surface area contributed by atoms with Crippen molar-refractivity contribution in [3.8, 4) is 0 Å². The number of alkyl halides is 3. The van der Waals surface area contributed by atoms with Crippen molar-refractivity contribution in [2.45, 2.75) is 18.3 Å². The number of halogens is 3. The Morgan fingerprint density at radius 1 is 1.22 bits per heavy atom. The van der Waals surface area contributed by atoms with Crippen LogP contribution in [0.1, 0.15) is 17.5 Å². The van der Waals surface area contributed by atoms with E-state index in [1.54, 1.807) is 23.9 Å². The molecule has 0 amide bonds. The van der Waals surface area contributed by atoms with Gasteiger partial charge in [0, 0.05) is 5.75 Å². The minimum Gasteiger partial charge on any atom is -0.316 e. The van der Waals surface area contributed by atoms with Gasteiger partial charge in [-0.1, -0.05) is 12.1 Å². The van der Waals surface area contributed by atoms with E-state index in [4.69, 9.17) is 0 Å². The molecule has 0 aromatic heterocycles. The first-order valence-corrected chi connectivity index (χ1v) is 7.16. The molecular weight excluding hydrogens is 259 g/mol. The SMILES string of the molecule is FC(F)(F)c1ccc(CSCC2CCNC2)cc1. The third-order valence-corrected chi connectivity index (χ3v) is 4.31. The van der Waals surface area contributed by atoms with Gasteiger partial charge in [-0.15, -0.1) is 0 Å². The molecular formula is C13H16F3NS. The maximum absolute atomic E-state index is 12.4. The Bertz CT molecular complexity index is 369. The predicted octanol–water partition coefficient (Wildman–Crippen LogP) is 3.55. The molecule has 0 aliphatic carbocycles. The van der Waals surface area contributed by atoms with Crippen molar-refractivity contribution in [3.63, 3.8) is 0 Å². The van der Waals surface area contributed by atoms with Crippen LogP contribution in [0.5, 0.6) is 0 Å². The average molecular weight is 275 g/mol. The first-order valence-electron chi connectivity index (χ1n) is 6.00. The van der Waals surface area contributed by atoms with Crippen LogP contribution in [0.25, 0.3) is 0 Å². The molecule has 100 valence electrons. The van der Waals surface area contributed by atoms with Crippen LogP contribution in [0, 0.1) is 5.92 Å². The highest BCUT2D eigenvalue weighted by Crippen LogP contribution is 2.29. The highest BCUT2D eigenvalue weighted by molar-refractivity contribution is 7.98. The van der Waals surface area contributed by atoms with Crippen LogP contribution in [-0.2, 0) is 11.9 Å². The third-order valence-electron chi connectivity index (χ3n) is 3.07. The Morgan fingerprint density at radius 3 is 2.50 bits per heavy atom. The highest BCUT2D eigenvalue weighted by Gasteiger charge is 2.29. The molecule has 1 saturated heterocycles. The third kappa shape index (κ3) is 3.92. The van der Waals surface area contributed by atoms with Gasteiger partial charge in [-0.3, -0.25) is 0 Å². The molecule has 1 N–H and O–H groups in total. The lowest BCUT2D eigenvalue weighted by atomic mass is 10.1. The lowest BCUT2D eigenvalue weighted by Crippen LogP contribution is -2.10. The van der Waals surface area contributed by atoms with E-state index >= 15 is 0 Å². The molecule has 0 radical (unpaired) electrons. The minimum absolute atomic E-state index is 0.573. The largest absolute Gasteiger partial charge is 0.416 e. The van der Waals surface area contributed by atoms with Gasteiger partial charge in [-0.2, -0.15) is 24.9 Å². The maximum Gasteiger partial charge on any atom is 0.416 e. The molecule has 0 bridgehead atoms. The van der Waals surface area contributed by atoms with E-state index in [1.165, 1.54) is 6.42 Å². The van der Waals surface area contributed by atoms with E-state index < -0.39 is 11.7 Å². The van der Waals surface area contributed by atoms with E-state index in [1.807, 2.05) is 0 Å². The molecule has 0 saturated carbocycles. The smallest absolute Gasteiger partial charge is 0.316 e. The van der Waals surface area contributed by atoms with Crippen LogP contribution in [0.3, 0.4) is 0 Å². The number of nitrogens with one attached hydrogen (secondary N) is 1. The van der Waals surface area contributed by atoms with Crippen molar-refractivity contribution in [2.75, 3.05) is 18.8 Å². The van der Waals surface area contributed by atoms with Crippen molar-refractivity contribution >= 4 is 11.8 Å². The Labute approximate surface area is 109 Å². The lowest BCUT2D eigenvalue weighted by molar-refractivity contribution is -0.137. The quantitative estimate of drug-likeness (QED) is 0.902. The molecule has 2 rings (SSSR count). The van der Waals surface area contributed by atoms with Crippen LogP contribution in [-0.4, -0.2) is 18.8 Å². The molecule has 5 heteroatoms. The van der Waals surface area contributed by atoms with Gasteiger partial charge in [0.2, 0.25) is 0 Å². The summed E-state index contributed by atoms with van der Waals surface area (Å²) in [6.07, 6.45) is -3.03. The average Bonchev–Trinajstić information content (AvgIpc) is 2.82. The van der Waals surface area contributed by atoms with Crippen LogP contribution in [0.4, 0.5) is 13.2 Å². The summed E-state index contributed by atoms with van der Waals surface area (Å²) in [5.74, 6) is 2.58. The molecule has 1 aromatic rings. The number of thioether (sulfide) groups is 1. The van der Waals surface area contributed by atoms with Gasteiger partial charge in [0.25, 0.3) is 0 Å². The summed E-state index contributed by atoms with van der Waals surface area (Å²) in [4.78, 5) is 0. The predicted molar refractivity (Wildman–Crippen MR) is 68.6 cm³/mol. The lowest BCUT2D eigenvalue weighted by Gasteiger charge is -2.09. The van der Waals surface area contributed by atoms with Crippen molar-refractivity contribution in [2.24, 2.45) is 5.92 Å². The monoisotopic (exact) mass is 275 g/mol. The molecule has 1 fully saturated rings. The molecule has 1 aliphatic heterocycles. The fourth-order valence-electron chi connectivity index (χ4n) is 1.99. The van der Waals surface area contributed by atoms with E-state index in [2.05, 4.69) is 5.32 Å². The fourth-order valence-corrected chi connectivity index (χ4v) is 3.15. The highest BCUT2D eigenvalue weighted by atomic mass is 32.2. The number of rotatable bonds is 4. The van der Waals surface area contributed by atoms with Crippen LogP contribution in [0.15, 0.2) is 24.3 Å². The van der Waals surface area contributed by atoms with Crippen molar-refractivity contribution in [1.82, 2.24) is 5.32 Å². The van der Waals surface area contributed by atoms with Crippen molar-refractivity contribution < 1.29 is 13.2 Å². The zero-order chi connectivity index (χ0) is 13.0. The summed E-state index contributed by atoms with van der Waals surface area (Å²) < 4.78 is 37.1. The summed E-state index contributed by atoms with van der Waals surface area (Å²) in [6, 6.07) is 5.46. The number of hydrogen-bond donors (Lipinski definition) is 1. The molecule has 18 heavy (non-hydrogen) atoms. The Balaban J connectivity index is 1.79. The summed E-state index contributed by atoms with van der Waals surface area (Å²) in [5.41, 5.74) is 0.384. The fraction of sp³-hybridized carbons (Fsp3) is 0.538. The summed E-state index contributed by atoms with van der Waals surface area (Å²) >= 11 is 1.80. The van der Waals surface area contributed by atoms with Gasteiger partial charge in [0.1, 0.15) is 0 Å². The summed E-state index contributed by atoms with van der Waals surface area (Å²) in [7, 11) is 0. The van der Waals surface area contributed by atoms with Gasteiger partial charge >= 0.3 is 6.18 Å². The molecule has 1 unspecified atom stereocenters. The second kappa shape index (κ2) is 5.97. The zero-order valence-corrected chi connectivity index (χ0v) is 10.8. The minimum atomic E-state index is -4.23. The normalized spacial score (nSPS) is 20.3. The first kappa shape index (κ1) is 13.7. The topological polar surface area (TPSA) is 12.0 Å².